The van der Waals surface area contributed by atoms with Crippen molar-refractivity contribution in [2.75, 3.05) is 47.5 Å². The third-order valence-electron chi connectivity index (χ3n) is 13.9. The van der Waals surface area contributed by atoms with Gasteiger partial charge in [0.05, 0.1) is 27.7 Å². The lowest BCUT2D eigenvalue weighted by atomic mass is 10.0. The smallest absolute Gasteiger partial charge is 0.462 e. The number of ether oxygens (including phenoxy) is 2. The molecule has 9 nitrogen and oxygen atoms in total. The average Bonchev–Trinajstić information content (AvgIpc) is 3.40. The van der Waals surface area contributed by atoms with Gasteiger partial charge in [0.1, 0.15) is 19.8 Å². The fourth-order valence-corrected chi connectivity index (χ4v) is 9.74. The second-order valence-corrected chi connectivity index (χ2v) is 24.2. The standard InChI is InChI=1S/C68H122NO8P/c1-6-8-10-12-14-16-18-20-22-24-26-28-30-32-33-34-35-37-38-40-42-44-46-48-50-52-54-56-58-60-67(70)74-64-66(65-76-78(72,73)75-63-62-69(3,4)5)77-68(71)61-59-57-55-53-51-49-47-45-43-41-39-36-31-29-27-25-23-21-19-17-15-13-11-9-7-2/h9,11,15,17,21,23,27,29,36,39,43,45,49,51,66H,6-8,10,12-14,16,18-20,22,24-26,28,30-35,37-38,40-42,44,46-48,50,52-65H2,1-5H3/p+1/b11-9-,17-15-,23-21-,29-27-,39-36-,45-43-,51-49-. The van der Waals surface area contributed by atoms with Crippen molar-refractivity contribution in [2.45, 2.75) is 290 Å². The highest BCUT2D eigenvalue weighted by Gasteiger charge is 2.27. The minimum Gasteiger partial charge on any atom is -0.462 e. The first kappa shape index (κ1) is 75.2. The van der Waals surface area contributed by atoms with Gasteiger partial charge in [0.2, 0.25) is 0 Å². The maximum Gasteiger partial charge on any atom is 0.472 e. The normalized spacial score (nSPS) is 13.8. The zero-order chi connectivity index (χ0) is 57.0. The number of hydrogen-bond acceptors (Lipinski definition) is 7. The number of carbonyl (C=O) groups is 2. The number of phosphoric acid groups is 1. The lowest BCUT2D eigenvalue weighted by molar-refractivity contribution is -0.870. The van der Waals surface area contributed by atoms with Crippen molar-refractivity contribution >= 4 is 19.8 Å². The van der Waals surface area contributed by atoms with Crippen molar-refractivity contribution in [2.24, 2.45) is 0 Å². The zero-order valence-electron chi connectivity index (χ0n) is 51.4. The number of phosphoric ester groups is 1. The quantitative estimate of drug-likeness (QED) is 0.0211. The number of esters is 2. The Bertz CT molecular complexity index is 1590. The minimum absolute atomic E-state index is 0.0219. The maximum absolute atomic E-state index is 12.8. The Hall–Kier alpha value is -2.81. The summed E-state index contributed by atoms with van der Waals surface area (Å²) < 4.78 is 34.6. The maximum atomic E-state index is 12.8. The molecule has 2 unspecified atom stereocenters. The van der Waals surface area contributed by atoms with Crippen LogP contribution in [-0.4, -0.2) is 74.9 Å². The molecule has 0 aliphatic heterocycles. The lowest BCUT2D eigenvalue weighted by Gasteiger charge is -2.24. The fourth-order valence-electron chi connectivity index (χ4n) is 9.00. The van der Waals surface area contributed by atoms with E-state index in [0.717, 1.165) is 83.5 Å². The number of quaternary nitrogens is 1. The van der Waals surface area contributed by atoms with Gasteiger partial charge in [-0.1, -0.05) is 285 Å². The van der Waals surface area contributed by atoms with Gasteiger partial charge in [-0.05, 0) is 70.6 Å². The van der Waals surface area contributed by atoms with Crippen molar-refractivity contribution < 1.29 is 42.1 Å². The van der Waals surface area contributed by atoms with Gasteiger partial charge >= 0.3 is 19.8 Å². The second-order valence-electron chi connectivity index (χ2n) is 22.8. The van der Waals surface area contributed by atoms with Crippen LogP contribution in [0, 0.1) is 0 Å². The summed E-state index contributed by atoms with van der Waals surface area (Å²) in [4.78, 5) is 35.8. The molecule has 0 bridgehead atoms. The van der Waals surface area contributed by atoms with E-state index in [1.807, 2.05) is 21.1 Å². The van der Waals surface area contributed by atoms with Crippen LogP contribution in [0.1, 0.15) is 284 Å². The number of hydrogen-bond donors (Lipinski definition) is 1. The first-order valence-corrected chi connectivity index (χ1v) is 33.8. The van der Waals surface area contributed by atoms with E-state index < -0.39 is 26.5 Å². The molecule has 452 valence electrons. The van der Waals surface area contributed by atoms with Crippen molar-refractivity contribution in [3.63, 3.8) is 0 Å². The summed E-state index contributed by atoms with van der Waals surface area (Å²) in [5.41, 5.74) is 0. The molecule has 0 aliphatic carbocycles. The van der Waals surface area contributed by atoms with Crippen LogP contribution in [0.25, 0.3) is 0 Å². The molecule has 0 rings (SSSR count). The van der Waals surface area contributed by atoms with Crippen LogP contribution in [0.2, 0.25) is 0 Å². The Morgan fingerprint density at radius 1 is 0.410 bits per heavy atom. The van der Waals surface area contributed by atoms with Gasteiger partial charge < -0.3 is 18.9 Å². The van der Waals surface area contributed by atoms with E-state index in [1.165, 1.54) is 167 Å². The topological polar surface area (TPSA) is 108 Å². The molecule has 0 aromatic heterocycles. The number of allylic oxidation sites excluding steroid dienone is 14. The Morgan fingerprint density at radius 2 is 0.731 bits per heavy atom. The highest BCUT2D eigenvalue weighted by Crippen LogP contribution is 2.43. The van der Waals surface area contributed by atoms with Gasteiger partial charge in [-0.2, -0.15) is 0 Å². The first-order valence-electron chi connectivity index (χ1n) is 32.3. The molecule has 2 atom stereocenters. The highest BCUT2D eigenvalue weighted by atomic mass is 31.2. The lowest BCUT2D eigenvalue weighted by Crippen LogP contribution is -2.37. The summed E-state index contributed by atoms with van der Waals surface area (Å²) in [6.07, 6.45) is 79.7. The van der Waals surface area contributed by atoms with Gasteiger partial charge in [0.25, 0.3) is 0 Å². The van der Waals surface area contributed by atoms with Gasteiger partial charge in [-0.25, -0.2) is 4.57 Å². The van der Waals surface area contributed by atoms with Crippen LogP contribution in [0.3, 0.4) is 0 Å². The third-order valence-corrected chi connectivity index (χ3v) is 14.9. The predicted molar refractivity (Wildman–Crippen MR) is 335 cm³/mol. The van der Waals surface area contributed by atoms with E-state index in [2.05, 4.69) is 98.9 Å². The summed E-state index contributed by atoms with van der Waals surface area (Å²) in [6.45, 7) is 4.31. The largest absolute Gasteiger partial charge is 0.472 e. The molecular weight excluding hydrogens is 990 g/mol. The molecule has 0 saturated heterocycles. The van der Waals surface area contributed by atoms with Gasteiger partial charge in [0, 0.05) is 12.8 Å². The third kappa shape index (κ3) is 62.4. The molecule has 10 heteroatoms. The molecule has 0 aromatic carbocycles. The summed E-state index contributed by atoms with van der Waals surface area (Å²) in [7, 11) is 1.45. The summed E-state index contributed by atoms with van der Waals surface area (Å²) in [6, 6.07) is 0. The summed E-state index contributed by atoms with van der Waals surface area (Å²) >= 11 is 0. The SMILES string of the molecule is CC/C=C\C/C=C\C/C=C\C/C=C\C/C=C\C/C=C\C/C=C\CCCCCC(=O)OC(COC(=O)CCCCCCCCCCCCCCCCCCCCCCCCCCCCCCC)COP(=O)(O)OCC[N+](C)(C)C. The molecule has 0 aromatic rings. The molecule has 0 saturated carbocycles. The number of unbranched alkanes of at least 4 members (excludes halogenated alkanes) is 31. The van der Waals surface area contributed by atoms with Crippen LogP contribution < -0.4 is 0 Å². The van der Waals surface area contributed by atoms with Crippen molar-refractivity contribution in [1.82, 2.24) is 0 Å². The van der Waals surface area contributed by atoms with E-state index in [1.54, 1.807) is 0 Å². The van der Waals surface area contributed by atoms with Crippen molar-refractivity contribution in [1.29, 1.82) is 0 Å². The molecule has 1 N–H and O–H groups in total. The van der Waals surface area contributed by atoms with Crippen LogP contribution in [-0.2, 0) is 32.7 Å². The molecule has 0 heterocycles. The molecule has 0 fully saturated rings. The molecule has 0 spiro atoms. The highest BCUT2D eigenvalue weighted by molar-refractivity contribution is 7.47. The monoisotopic (exact) mass is 1110 g/mol. The van der Waals surface area contributed by atoms with Gasteiger partial charge in [-0.3, -0.25) is 18.6 Å². The van der Waals surface area contributed by atoms with E-state index in [4.69, 9.17) is 18.5 Å². The van der Waals surface area contributed by atoms with Crippen LogP contribution in [0.15, 0.2) is 85.1 Å². The Morgan fingerprint density at radius 3 is 1.09 bits per heavy atom. The number of nitrogens with zero attached hydrogens (tertiary/aromatic N) is 1. The number of carbonyl (C=O) groups excluding carboxylic acids is 2. The molecular formula is C68H123NO8P+. The molecule has 0 aliphatic rings. The van der Waals surface area contributed by atoms with E-state index in [0.29, 0.717) is 17.4 Å². The van der Waals surface area contributed by atoms with Crippen LogP contribution in [0.4, 0.5) is 0 Å². The van der Waals surface area contributed by atoms with Crippen molar-refractivity contribution in [3.8, 4) is 0 Å². The minimum atomic E-state index is -4.40. The van der Waals surface area contributed by atoms with E-state index in [-0.39, 0.29) is 32.0 Å². The Kier molecular flexibility index (Phi) is 56.7. The summed E-state index contributed by atoms with van der Waals surface area (Å²) in [5, 5.41) is 0. The molecule has 0 radical (unpaired) electrons. The van der Waals surface area contributed by atoms with Crippen molar-refractivity contribution in [3.05, 3.63) is 85.1 Å². The van der Waals surface area contributed by atoms with Crippen LogP contribution in [0.5, 0.6) is 0 Å². The second kappa shape index (κ2) is 58.8. The Balaban J connectivity index is 4.14. The number of likely N-dealkylation sites (N-methyl/N-ethyl adjacent to an activating group) is 1. The van der Waals surface area contributed by atoms with Gasteiger partial charge in [-0.15, -0.1) is 0 Å². The zero-order valence-corrected chi connectivity index (χ0v) is 52.3. The summed E-state index contributed by atoms with van der Waals surface area (Å²) in [5.74, 6) is -0.830. The number of rotatable bonds is 59. The average molecular weight is 1110 g/mol. The molecule has 0 amide bonds. The molecule has 78 heavy (non-hydrogen) atoms. The first-order chi connectivity index (χ1) is 38.0. The van der Waals surface area contributed by atoms with Gasteiger partial charge in [0.15, 0.2) is 6.10 Å². The van der Waals surface area contributed by atoms with E-state index >= 15 is 0 Å². The van der Waals surface area contributed by atoms with E-state index in [9.17, 15) is 19.0 Å². The fraction of sp³-hybridized carbons (Fsp3) is 0.765. The van der Waals surface area contributed by atoms with Crippen LogP contribution >= 0.6 is 7.82 Å². The Labute approximate surface area is 481 Å². The predicted octanol–water partition coefficient (Wildman–Crippen LogP) is 20.6.